The number of carbonyl (C=O) groups excluding carboxylic acids is 1. The Morgan fingerprint density at radius 2 is 1.75 bits per heavy atom. The normalized spacial score (nSPS) is 20.5. The summed E-state index contributed by atoms with van der Waals surface area (Å²) < 4.78 is 10.6. The summed E-state index contributed by atoms with van der Waals surface area (Å²) in [6, 6.07) is 14.4. The topological polar surface area (TPSA) is 38.8 Å². The Hall–Kier alpha value is -1.84. The van der Waals surface area contributed by atoms with Gasteiger partial charge in [-0.15, -0.1) is 0 Å². The van der Waals surface area contributed by atoms with Crippen molar-refractivity contribution in [3.8, 4) is 5.75 Å². The van der Waals surface area contributed by atoms with Gasteiger partial charge < -0.3 is 9.47 Å². The first kappa shape index (κ1) is 13.2. The number of Topliss-reactive ketones (excluding diaryl/α,β-unsaturated/α-hetero) is 1. The van der Waals surface area contributed by atoms with E-state index in [1.807, 2.05) is 24.3 Å². The van der Waals surface area contributed by atoms with Gasteiger partial charge in [0.2, 0.25) is 0 Å². The molecule has 2 aromatic carbocycles. The number of ketones is 1. The quantitative estimate of drug-likeness (QED) is 0.636. The number of benzene rings is 2. The molecule has 20 heavy (non-hydrogen) atoms. The molecule has 0 radical (unpaired) electrons. The van der Waals surface area contributed by atoms with Crippen LogP contribution in [0.1, 0.15) is 22.0 Å². The van der Waals surface area contributed by atoms with Crippen LogP contribution in [0, 0.1) is 0 Å². The van der Waals surface area contributed by atoms with Crippen LogP contribution in [0.3, 0.4) is 0 Å². The molecule has 1 aliphatic heterocycles. The molecule has 2 aromatic rings. The van der Waals surface area contributed by atoms with Crippen molar-refractivity contribution in [1.29, 1.82) is 0 Å². The predicted molar refractivity (Wildman–Crippen MR) is 76.4 cm³/mol. The number of epoxide rings is 1. The Morgan fingerprint density at radius 3 is 2.35 bits per heavy atom. The van der Waals surface area contributed by atoms with Crippen LogP contribution in [0.2, 0.25) is 5.02 Å². The summed E-state index contributed by atoms with van der Waals surface area (Å²) in [5.74, 6) is 0.775. The Kier molecular flexibility index (Phi) is 3.47. The lowest BCUT2D eigenvalue weighted by Crippen LogP contribution is -2.07. The molecule has 1 aliphatic rings. The van der Waals surface area contributed by atoms with Gasteiger partial charge in [0.25, 0.3) is 0 Å². The molecule has 0 amide bonds. The standard InChI is InChI=1S/C16H13ClO3/c1-19-13-8-4-11(5-9-13)15-16(20-15)14(18)10-2-6-12(17)7-3-10/h2-9,15-16H,1H3. The maximum atomic E-state index is 12.2. The Balaban J connectivity index is 1.71. The third kappa shape index (κ3) is 2.55. The molecule has 102 valence electrons. The molecule has 1 saturated heterocycles. The number of hydrogen-bond donors (Lipinski definition) is 0. The number of methoxy groups -OCH3 is 1. The van der Waals surface area contributed by atoms with Gasteiger partial charge in [-0.2, -0.15) is 0 Å². The van der Waals surface area contributed by atoms with Crippen molar-refractivity contribution in [2.75, 3.05) is 7.11 Å². The Labute approximate surface area is 122 Å². The zero-order valence-electron chi connectivity index (χ0n) is 10.9. The molecule has 1 fully saturated rings. The minimum Gasteiger partial charge on any atom is -0.497 e. The molecule has 1 heterocycles. The van der Waals surface area contributed by atoms with Crippen molar-refractivity contribution in [3.05, 3.63) is 64.7 Å². The van der Waals surface area contributed by atoms with E-state index in [2.05, 4.69) is 0 Å². The van der Waals surface area contributed by atoms with Crippen LogP contribution in [0.15, 0.2) is 48.5 Å². The average Bonchev–Trinajstić information content (AvgIpc) is 3.28. The molecule has 3 nitrogen and oxygen atoms in total. The number of ether oxygens (including phenoxy) is 2. The van der Waals surface area contributed by atoms with Gasteiger partial charge in [0.1, 0.15) is 11.9 Å². The van der Waals surface area contributed by atoms with Gasteiger partial charge in [-0.25, -0.2) is 0 Å². The van der Waals surface area contributed by atoms with Crippen molar-refractivity contribution >= 4 is 17.4 Å². The SMILES string of the molecule is COc1ccc(C2OC2C(=O)c2ccc(Cl)cc2)cc1. The lowest BCUT2D eigenvalue weighted by Gasteiger charge is -2.01. The van der Waals surface area contributed by atoms with E-state index in [0.717, 1.165) is 11.3 Å². The van der Waals surface area contributed by atoms with E-state index in [0.29, 0.717) is 10.6 Å². The van der Waals surface area contributed by atoms with Crippen LogP contribution in [0.5, 0.6) is 5.75 Å². The van der Waals surface area contributed by atoms with Crippen molar-refractivity contribution in [2.45, 2.75) is 12.2 Å². The maximum absolute atomic E-state index is 12.2. The minimum atomic E-state index is -0.399. The van der Waals surface area contributed by atoms with Crippen LogP contribution >= 0.6 is 11.6 Å². The van der Waals surface area contributed by atoms with Crippen molar-refractivity contribution < 1.29 is 14.3 Å². The fraction of sp³-hybridized carbons (Fsp3) is 0.188. The fourth-order valence-corrected chi connectivity index (χ4v) is 2.26. The summed E-state index contributed by atoms with van der Waals surface area (Å²) in [7, 11) is 1.62. The molecule has 0 aromatic heterocycles. The molecule has 0 aliphatic carbocycles. The first-order valence-electron chi connectivity index (χ1n) is 6.28. The summed E-state index contributed by atoms with van der Waals surface area (Å²) in [5.41, 5.74) is 1.61. The van der Waals surface area contributed by atoms with E-state index in [1.165, 1.54) is 0 Å². The highest BCUT2D eigenvalue weighted by Crippen LogP contribution is 2.41. The molecular weight excluding hydrogens is 276 g/mol. The zero-order chi connectivity index (χ0) is 14.1. The van der Waals surface area contributed by atoms with E-state index in [1.54, 1.807) is 31.4 Å². The Bertz CT molecular complexity index is 619. The molecule has 0 saturated carbocycles. The number of halogens is 1. The van der Waals surface area contributed by atoms with Crippen molar-refractivity contribution in [2.24, 2.45) is 0 Å². The second-order valence-electron chi connectivity index (χ2n) is 4.62. The second kappa shape index (κ2) is 5.27. The third-order valence-electron chi connectivity index (χ3n) is 3.32. The molecule has 0 bridgehead atoms. The molecular formula is C16H13ClO3. The van der Waals surface area contributed by atoms with Gasteiger partial charge in [-0.1, -0.05) is 23.7 Å². The van der Waals surface area contributed by atoms with E-state index >= 15 is 0 Å². The monoisotopic (exact) mass is 288 g/mol. The summed E-state index contributed by atoms with van der Waals surface area (Å²) in [5, 5.41) is 0.616. The summed E-state index contributed by atoms with van der Waals surface area (Å²) in [6.07, 6.45) is -0.561. The van der Waals surface area contributed by atoms with Gasteiger partial charge in [-0.3, -0.25) is 4.79 Å². The smallest absolute Gasteiger partial charge is 0.194 e. The van der Waals surface area contributed by atoms with E-state index in [9.17, 15) is 4.79 Å². The van der Waals surface area contributed by atoms with Gasteiger partial charge in [0, 0.05) is 10.6 Å². The summed E-state index contributed by atoms with van der Waals surface area (Å²) in [6.45, 7) is 0. The largest absolute Gasteiger partial charge is 0.497 e. The highest BCUT2D eigenvalue weighted by atomic mass is 35.5. The van der Waals surface area contributed by atoms with Gasteiger partial charge in [0.15, 0.2) is 11.9 Å². The molecule has 0 N–H and O–H groups in total. The van der Waals surface area contributed by atoms with E-state index < -0.39 is 6.10 Å². The van der Waals surface area contributed by atoms with Gasteiger partial charge >= 0.3 is 0 Å². The lowest BCUT2D eigenvalue weighted by molar-refractivity contribution is 0.0953. The number of hydrogen-bond acceptors (Lipinski definition) is 3. The first-order valence-corrected chi connectivity index (χ1v) is 6.66. The lowest BCUT2D eigenvalue weighted by atomic mass is 10.0. The number of carbonyl (C=O) groups is 1. The average molecular weight is 289 g/mol. The van der Waals surface area contributed by atoms with Crippen LogP contribution in [0.4, 0.5) is 0 Å². The van der Waals surface area contributed by atoms with E-state index in [-0.39, 0.29) is 11.9 Å². The predicted octanol–water partition coefficient (Wildman–Crippen LogP) is 3.67. The highest BCUT2D eigenvalue weighted by Gasteiger charge is 2.46. The zero-order valence-corrected chi connectivity index (χ0v) is 11.6. The van der Waals surface area contributed by atoms with Crippen LogP contribution in [0.25, 0.3) is 0 Å². The molecule has 3 rings (SSSR count). The molecule has 4 heteroatoms. The highest BCUT2D eigenvalue weighted by molar-refractivity contribution is 6.30. The van der Waals surface area contributed by atoms with Crippen molar-refractivity contribution in [1.82, 2.24) is 0 Å². The number of rotatable bonds is 4. The fourth-order valence-electron chi connectivity index (χ4n) is 2.14. The first-order chi connectivity index (χ1) is 9.69. The molecule has 2 atom stereocenters. The summed E-state index contributed by atoms with van der Waals surface area (Å²) in [4.78, 5) is 12.2. The van der Waals surface area contributed by atoms with Gasteiger partial charge in [0.05, 0.1) is 7.11 Å². The van der Waals surface area contributed by atoms with Crippen molar-refractivity contribution in [3.63, 3.8) is 0 Å². The van der Waals surface area contributed by atoms with E-state index in [4.69, 9.17) is 21.1 Å². The Morgan fingerprint density at radius 1 is 1.10 bits per heavy atom. The van der Waals surface area contributed by atoms with Crippen LogP contribution in [-0.4, -0.2) is 19.0 Å². The van der Waals surface area contributed by atoms with Crippen LogP contribution in [-0.2, 0) is 4.74 Å². The minimum absolute atomic E-state index is 0.0116. The van der Waals surface area contributed by atoms with Gasteiger partial charge in [-0.05, 0) is 42.0 Å². The molecule has 2 unspecified atom stereocenters. The molecule has 0 spiro atoms. The maximum Gasteiger partial charge on any atom is 0.194 e. The third-order valence-corrected chi connectivity index (χ3v) is 3.58. The summed E-state index contributed by atoms with van der Waals surface area (Å²) >= 11 is 5.81. The van der Waals surface area contributed by atoms with Crippen LogP contribution < -0.4 is 4.74 Å². The second-order valence-corrected chi connectivity index (χ2v) is 5.06.